The Hall–Kier alpha value is -1.39. The predicted molar refractivity (Wildman–Crippen MR) is 80.1 cm³/mol. The Morgan fingerprint density at radius 3 is 2.90 bits per heavy atom. The zero-order chi connectivity index (χ0) is 14.4. The number of fused-ring (bicyclic) bond motifs is 2. The zero-order valence-electron chi connectivity index (χ0n) is 11.7. The van der Waals surface area contributed by atoms with Crippen LogP contribution in [0.1, 0.15) is 42.5 Å². The van der Waals surface area contributed by atoms with Crippen LogP contribution < -0.4 is 5.73 Å². The number of aromatic nitrogens is 2. The van der Waals surface area contributed by atoms with Gasteiger partial charge in [-0.1, -0.05) is 28.9 Å². The molecule has 2 N–H and O–H groups in total. The van der Waals surface area contributed by atoms with E-state index in [0.717, 1.165) is 16.5 Å². The monoisotopic (exact) mass is 303 g/mol. The van der Waals surface area contributed by atoms with Crippen molar-refractivity contribution in [3.63, 3.8) is 0 Å². The molecule has 2 fully saturated rings. The fraction of sp³-hybridized carbons (Fsp3) is 0.500. The molecule has 21 heavy (non-hydrogen) atoms. The van der Waals surface area contributed by atoms with Crippen LogP contribution in [0.25, 0.3) is 0 Å². The van der Waals surface area contributed by atoms with Crippen molar-refractivity contribution in [2.45, 2.75) is 37.6 Å². The van der Waals surface area contributed by atoms with Crippen LogP contribution >= 0.6 is 11.6 Å². The normalized spacial score (nSPS) is 31.0. The van der Waals surface area contributed by atoms with Gasteiger partial charge in [0.25, 0.3) is 0 Å². The summed E-state index contributed by atoms with van der Waals surface area (Å²) in [5.74, 6) is 2.96. The number of rotatable bonds is 3. The van der Waals surface area contributed by atoms with Crippen molar-refractivity contribution in [2.75, 3.05) is 0 Å². The molecule has 0 aliphatic heterocycles. The maximum atomic E-state index is 6.33. The minimum absolute atomic E-state index is 0.184. The van der Waals surface area contributed by atoms with Crippen LogP contribution in [0.3, 0.4) is 0 Å². The minimum Gasteiger partial charge on any atom is -0.339 e. The molecule has 4 unspecified atom stereocenters. The van der Waals surface area contributed by atoms with Crippen LogP contribution in [-0.4, -0.2) is 16.2 Å². The summed E-state index contributed by atoms with van der Waals surface area (Å²) in [6, 6.07) is 7.93. The SMILES string of the molecule is NC1C2CCC(C2)C1c1nc(Cc2cccc(Cl)c2)no1. The van der Waals surface area contributed by atoms with Gasteiger partial charge in [-0.2, -0.15) is 4.98 Å². The number of nitrogens with zero attached hydrogens (tertiary/aromatic N) is 2. The first-order valence-corrected chi connectivity index (χ1v) is 7.91. The van der Waals surface area contributed by atoms with Gasteiger partial charge in [-0.3, -0.25) is 0 Å². The molecule has 2 saturated carbocycles. The maximum Gasteiger partial charge on any atom is 0.231 e. The summed E-state index contributed by atoms with van der Waals surface area (Å²) >= 11 is 6.00. The quantitative estimate of drug-likeness (QED) is 0.946. The molecule has 5 heteroatoms. The van der Waals surface area contributed by atoms with Crippen LogP contribution in [-0.2, 0) is 6.42 Å². The summed E-state index contributed by atoms with van der Waals surface area (Å²) in [5.41, 5.74) is 7.42. The largest absolute Gasteiger partial charge is 0.339 e. The standard InChI is InChI=1S/C16H18ClN3O/c17-12-3-1-2-9(6-12)7-13-19-16(21-20-13)14-10-4-5-11(8-10)15(14)18/h1-3,6,10-11,14-15H,4-5,7-8,18H2. The van der Waals surface area contributed by atoms with Gasteiger partial charge in [0, 0.05) is 17.5 Å². The van der Waals surface area contributed by atoms with Gasteiger partial charge in [0.15, 0.2) is 5.82 Å². The molecular weight excluding hydrogens is 286 g/mol. The number of hydrogen-bond acceptors (Lipinski definition) is 4. The highest BCUT2D eigenvalue weighted by Crippen LogP contribution is 2.51. The molecule has 2 aromatic rings. The van der Waals surface area contributed by atoms with Gasteiger partial charge in [0.1, 0.15) is 0 Å². The molecule has 110 valence electrons. The molecule has 4 rings (SSSR count). The van der Waals surface area contributed by atoms with Crippen LogP contribution in [0.4, 0.5) is 0 Å². The smallest absolute Gasteiger partial charge is 0.231 e. The van der Waals surface area contributed by atoms with E-state index in [1.54, 1.807) is 0 Å². The third-order valence-electron chi connectivity index (χ3n) is 5.00. The fourth-order valence-corrected chi connectivity index (χ4v) is 4.22. The van der Waals surface area contributed by atoms with Gasteiger partial charge in [-0.15, -0.1) is 0 Å². The average Bonchev–Trinajstić information content (AvgIpc) is 3.15. The van der Waals surface area contributed by atoms with Gasteiger partial charge in [0.05, 0.1) is 5.92 Å². The van der Waals surface area contributed by atoms with Crippen LogP contribution in [0.2, 0.25) is 5.02 Å². The molecule has 2 bridgehead atoms. The Morgan fingerprint density at radius 2 is 2.14 bits per heavy atom. The molecule has 2 aliphatic rings. The molecule has 2 aliphatic carbocycles. The third kappa shape index (κ3) is 2.36. The highest BCUT2D eigenvalue weighted by atomic mass is 35.5. The van der Waals surface area contributed by atoms with Gasteiger partial charge >= 0.3 is 0 Å². The number of halogens is 1. The van der Waals surface area contributed by atoms with E-state index < -0.39 is 0 Å². The number of benzene rings is 1. The Bertz CT molecular complexity index is 654. The lowest BCUT2D eigenvalue weighted by Crippen LogP contribution is -2.34. The van der Waals surface area contributed by atoms with Gasteiger partial charge < -0.3 is 10.3 Å². The van der Waals surface area contributed by atoms with E-state index in [2.05, 4.69) is 10.1 Å². The molecule has 1 heterocycles. The highest BCUT2D eigenvalue weighted by molar-refractivity contribution is 6.30. The first-order valence-electron chi connectivity index (χ1n) is 7.53. The molecule has 0 radical (unpaired) electrons. The van der Waals surface area contributed by atoms with Crippen LogP contribution in [0.15, 0.2) is 28.8 Å². The lowest BCUT2D eigenvalue weighted by molar-refractivity contribution is 0.278. The molecule has 0 spiro atoms. The van der Waals surface area contributed by atoms with E-state index in [0.29, 0.717) is 24.1 Å². The van der Waals surface area contributed by atoms with Crippen molar-refractivity contribution in [1.29, 1.82) is 0 Å². The fourth-order valence-electron chi connectivity index (χ4n) is 4.01. The summed E-state index contributed by atoms with van der Waals surface area (Å²) < 4.78 is 5.50. The van der Waals surface area contributed by atoms with E-state index >= 15 is 0 Å². The molecule has 1 aromatic heterocycles. The second kappa shape index (κ2) is 5.11. The Balaban J connectivity index is 1.53. The van der Waals surface area contributed by atoms with Crippen molar-refractivity contribution in [3.05, 3.63) is 46.6 Å². The molecule has 1 aromatic carbocycles. The van der Waals surface area contributed by atoms with E-state index in [1.165, 1.54) is 19.3 Å². The molecule has 4 nitrogen and oxygen atoms in total. The molecular formula is C16H18ClN3O. The first-order chi connectivity index (χ1) is 10.2. The Morgan fingerprint density at radius 1 is 1.29 bits per heavy atom. The van der Waals surface area contributed by atoms with Crippen LogP contribution in [0.5, 0.6) is 0 Å². The van der Waals surface area contributed by atoms with E-state index in [-0.39, 0.29) is 12.0 Å². The Kier molecular flexibility index (Phi) is 3.23. The minimum atomic E-state index is 0.184. The second-order valence-corrected chi connectivity index (χ2v) is 6.73. The zero-order valence-corrected chi connectivity index (χ0v) is 12.5. The number of hydrogen-bond donors (Lipinski definition) is 1. The van der Waals surface area contributed by atoms with Gasteiger partial charge in [-0.05, 0) is 48.8 Å². The summed E-state index contributed by atoms with van der Waals surface area (Å²) in [6.45, 7) is 0. The molecule has 4 atom stereocenters. The van der Waals surface area contributed by atoms with E-state index in [1.807, 2.05) is 24.3 Å². The van der Waals surface area contributed by atoms with E-state index in [4.69, 9.17) is 21.9 Å². The van der Waals surface area contributed by atoms with E-state index in [9.17, 15) is 0 Å². The van der Waals surface area contributed by atoms with Gasteiger partial charge in [0.2, 0.25) is 5.89 Å². The van der Waals surface area contributed by atoms with Crippen LogP contribution in [0, 0.1) is 11.8 Å². The highest BCUT2D eigenvalue weighted by Gasteiger charge is 2.48. The lowest BCUT2D eigenvalue weighted by Gasteiger charge is -2.24. The predicted octanol–water partition coefficient (Wildman–Crippen LogP) is 3.15. The number of nitrogens with two attached hydrogens (primary N) is 1. The second-order valence-electron chi connectivity index (χ2n) is 6.29. The van der Waals surface area contributed by atoms with Gasteiger partial charge in [-0.25, -0.2) is 0 Å². The lowest BCUT2D eigenvalue weighted by atomic mass is 9.85. The van der Waals surface area contributed by atoms with Crippen molar-refractivity contribution in [1.82, 2.24) is 10.1 Å². The Labute approximate surface area is 128 Å². The van der Waals surface area contributed by atoms with Crippen molar-refractivity contribution in [3.8, 4) is 0 Å². The van der Waals surface area contributed by atoms with Crippen molar-refractivity contribution in [2.24, 2.45) is 17.6 Å². The molecule has 0 saturated heterocycles. The topological polar surface area (TPSA) is 64.9 Å². The summed E-state index contributed by atoms with van der Waals surface area (Å²) in [4.78, 5) is 4.59. The summed E-state index contributed by atoms with van der Waals surface area (Å²) in [6.07, 6.45) is 4.36. The summed E-state index contributed by atoms with van der Waals surface area (Å²) in [7, 11) is 0. The average molecular weight is 304 g/mol. The first kappa shape index (κ1) is 13.3. The van der Waals surface area contributed by atoms with Crippen molar-refractivity contribution < 1.29 is 4.52 Å². The summed E-state index contributed by atoms with van der Waals surface area (Å²) in [5, 5.41) is 4.85. The molecule has 0 amide bonds. The maximum absolute atomic E-state index is 6.33. The van der Waals surface area contributed by atoms with Crippen molar-refractivity contribution >= 4 is 11.6 Å². The third-order valence-corrected chi connectivity index (χ3v) is 5.24.